The highest BCUT2D eigenvalue weighted by Gasteiger charge is 2.51. The summed E-state index contributed by atoms with van der Waals surface area (Å²) in [5.74, 6) is 3.10. The van der Waals surface area contributed by atoms with Crippen LogP contribution in [-0.2, 0) is 10.8 Å². The highest BCUT2D eigenvalue weighted by molar-refractivity contribution is 6.14. The lowest BCUT2D eigenvalue weighted by Gasteiger charge is -2.42. The molecule has 0 amide bonds. The van der Waals surface area contributed by atoms with Gasteiger partial charge in [-0.15, -0.1) is 0 Å². The first-order valence-electron chi connectivity index (χ1n) is 21.0. The van der Waals surface area contributed by atoms with Crippen molar-refractivity contribution in [2.45, 2.75) is 43.7 Å². The molecule has 0 bridgehead atoms. The van der Waals surface area contributed by atoms with E-state index in [4.69, 9.17) is 14.7 Å². The summed E-state index contributed by atoms with van der Waals surface area (Å²) >= 11 is 0. The third-order valence-electron chi connectivity index (χ3n) is 13.3. The van der Waals surface area contributed by atoms with Gasteiger partial charge in [0.2, 0.25) is 0 Å². The molecular formula is C55H42N4O. The minimum absolute atomic E-state index is 0.122. The van der Waals surface area contributed by atoms with E-state index in [0.29, 0.717) is 5.84 Å². The zero-order valence-corrected chi connectivity index (χ0v) is 33.6. The van der Waals surface area contributed by atoms with Crippen molar-refractivity contribution in [1.29, 1.82) is 0 Å². The number of ether oxygens (including phenoxy) is 1. The Morgan fingerprint density at radius 3 is 1.85 bits per heavy atom. The van der Waals surface area contributed by atoms with Gasteiger partial charge >= 0.3 is 0 Å². The second kappa shape index (κ2) is 13.1. The van der Waals surface area contributed by atoms with Gasteiger partial charge in [-0.2, -0.15) is 0 Å². The van der Waals surface area contributed by atoms with E-state index in [1.165, 1.54) is 50.3 Å². The number of hydrogen-bond donors (Lipinski definition) is 1. The largest absolute Gasteiger partial charge is 0.456 e. The molecule has 0 aromatic heterocycles. The number of aliphatic imine (C=N–C) groups is 2. The van der Waals surface area contributed by atoms with Gasteiger partial charge in [0, 0.05) is 27.8 Å². The number of nitrogens with one attached hydrogen (secondary N) is 1. The summed E-state index contributed by atoms with van der Waals surface area (Å²) < 4.78 is 7.06. The van der Waals surface area contributed by atoms with Crippen LogP contribution in [-0.4, -0.2) is 17.8 Å². The summed E-state index contributed by atoms with van der Waals surface area (Å²) in [6.45, 7) is 4.64. The molecule has 3 aliphatic heterocycles. The zero-order valence-electron chi connectivity index (χ0n) is 33.6. The molecule has 0 saturated carbocycles. The average molecular weight is 775 g/mol. The smallest absolute Gasteiger partial charge is 0.159 e. The van der Waals surface area contributed by atoms with Gasteiger partial charge in [-0.05, 0) is 100 Å². The van der Waals surface area contributed by atoms with E-state index in [1.807, 2.05) is 0 Å². The van der Waals surface area contributed by atoms with E-state index in [1.54, 1.807) is 0 Å². The van der Waals surface area contributed by atoms with Crippen LogP contribution in [0.25, 0.3) is 11.1 Å². The first-order chi connectivity index (χ1) is 29.5. The molecule has 0 saturated heterocycles. The number of amidine groups is 2. The van der Waals surface area contributed by atoms with Crippen LogP contribution >= 0.6 is 0 Å². The molecule has 1 spiro atoms. The van der Waals surface area contributed by atoms with Crippen molar-refractivity contribution < 1.29 is 4.74 Å². The minimum Gasteiger partial charge on any atom is -0.456 e. The quantitative estimate of drug-likeness (QED) is 0.194. The van der Waals surface area contributed by atoms with Crippen molar-refractivity contribution in [2.75, 3.05) is 4.90 Å². The normalized spacial score (nSPS) is 18.3. The van der Waals surface area contributed by atoms with Crippen LogP contribution in [0, 0.1) is 0 Å². The van der Waals surface area contributed by atoms with Crippen LogP contribution in [0.4, 0.5) is 17.1 Å². The number of allylic oxidation sites excluding steroid dienone is 3. The lowest BCUT2D eigenvalue weighted by atomic mass is 9.66. The fourth-order valence-corrected chi connectivity index (χ4v) is 10.5. The maximum absolute atomic E-state index is 7.06. The number of hydrogen-bond acceptors (Lipinski definition) is 5. The number of anilines is 3. The molecule has 5 aliphatic rings. The Hall–Kier alpha value is -7.24. The summed E-state index contributed by atoms with van der Waals surface area (Å²) in [4.78, 5) is 13.1. The summed E-state index contributed by atoms with van der Waals surface area (Å²) in [6.07, 6.45) is 8.19. The molecule has 2 aliphatic carbocycles. The maximum Gasteiger partial charge on any atom is 0.159 e. The Morgan fingerprint density at radius 2 is 1.18 bits per heavy atom. The number of fused-ring (bicyclic) bond motifs is 11. The predicted molar refractivity (Wildman–Crippen MR) is 244 cm³/mol. The first kappa shape index (κ1) is 34.8. The molecule has 5 nitrogen and oxygen atoms in total. The van der Waals surface area contributed by atoms with Crippen molar-refractivity contribution in [3.05, 3.63) is 232 Å². The number of nitrogens with zero attached hydrogens (tertiary/aromatic N) is 3. The molecule has 7 aromatic rings. The van der Waals surface area contributed by atoms with Gasteiger partial charge in [0.1, 0.15) is 23.5 Å². The number of benzene rings is 7. The Balaban J connectivity index is 1.01. The van der Waals surface area contributed by atoms with Gasteiger partial charge in [-0.1, -0.05) is 147 Å². The van der Waals surface area contributed by atoms with Gasteiger partial charge in [0.25, 0.3) is 0 Å². The summed E-state index contributed by atoms with van der Waals surface area (Å²) in [6, 6.07) is 59.1. The van der Waals surface area contributed by atoms with Gasteiger partial charge in [-0.3, -0.25) is 0 Å². The summed E-state index contributed by atoms with van der Waals surface area (Å²) in [7, 11) is 0. The lowest BCUT2D eigenvalue weighted by Crippen LogP contribution is -2.41. The monoisotopic (exact) mass is 774 g/mol. The Morgan fingerprint density at radius 1 is 0.600 bits per heavy atom. The van der Waals surface area contributed by atoms with E-state index < -0.39 is 5.41 Å². The number of para-hydroxylation sites is 4. The van der Waals surface area contributed by atoms with E-state index >= 15 is 0 Å². The lowest BCUT2D eigenvalue weighted by molar-refractivity contribution is 0.435. The minimum atomic E-state index is -0.563. The molecule has 60 heavy (non-hydrogen) atoms. The molecule has 288 valence electrons. The summed E-state index contributed by atoms with van der Waals surface area (Å²) in [5.41, 5.74) is 15.8. The summed E-state index contributed by atoms with van der Waals surface area (Å²) in [5, 5.41) is 3.80. The third-order valence-corrected chi connectivity index (χ3v) is 13.3. The highest BCUT2D eigenvalue weighted by atomic mass is 16.5. The molecule has 1 N–H and O–H groups in total. The topological polar surface area (TPSA) is 49.2 Å². The molecular weight excluding hydrogens is 733 g/mol. The molecule has 1 atom stereocenters. The van der Waals surface area contributed by atoms with Crippen LogP contribution in [0.3, 0.4) is 0 Å². The fraction of sp³-hybridized carbons (Fsp3) is 0.127. The van der Waals surface area contributed by atoms with E-state index in [2.05, 4.69) is 206 Å². The Bertz CT molecular complexity index is 2940. The van der Waals surface area contributed by atoms with Crippen LogP contribution in [0.15, 0.2) is 198 Å². The standard InChI is InChI=1S/C55H42N4O/c1-54(2)43-24-10-13-28-47(43)59(48-29-14-11-25-44(48)54)37-33-31-36(32-34-37)52-56-51(35-17-4-3-5-18-35)57-53(58-52)40-21-16-27-46-50(40)60-49-30-15-12-26-45(49)55(46)41-22-8-6-19-38(41)39-20-7-9-23-42(39)55/h3-4,6-17,19-34,51H,5,18H2,1-2H3,(H,56,57,58). The third kappa shape index (κ3) is 4.92. The first-order valence-corrected chi connectivity index (χ1v) is 21.0. The van der Waals surface area contributed by atoms with E-state index in [-0.39, 0.29) is 11.6 Å². The molecule has 0 radical (unpaired) electrons. The SMILES string of the molecule is CC1(C)c2ccccc2N(c2ccc(C3=NC(C4=CC=CCC4)NC(c4cccc5c4Oc4ccccc4C54c5ccccc5-c5ccccc54)=N3)cc2)c2ccccc21. The Labute approximate surface area is 350 Å². The van der Waals surface area contributed by atoms with E-state index in [9.17, 15) is 0 Å². The highest BCUT2D eigenvalue weighted by Crippen LogP contribution is 2.62. The van der Waals surface area contributed by atoms with Crippen molar-refractivity contribution in [3.8, 4) is 22.6 Å². The van der Waals surface area contributed by atoms with Crippen LogP contribution < -0.4 is 15.0 Å². The van der Waals surface area contributed by atoms with Crippen molar-refractivity contribution >= 4 is 28.7 Å². The van der Waals surface area contributed by atoms with Crippen LogP contribution in [0.5, 0.6) is 11.5 Å². The average Bonchev–Trinajstić information content (AvgIpc) is 3.60. The van der Waals surface area contributed by atoms with Crippen molar-refractivity contribution in [2.24, 2.45) is 9.98 Å². The number of rotatable bonds is 4. The van der Waals surface area contributed by atoms with Crippen molar-refractivity contribution in [1.82, 2.24) is 5.32 Å². The Kier molecular flexibility index (Phi) is 7.61. The van der Waals surface area contributed by atoms with E-state index in [0.717, 1.165) is 58.1 Å². The van der Waals surface area contributed by atoms with Gasteiger partial charge < -0.3 is 15.0 Å². The molecule has 7 aromatic carbocycles. The second-order valence-electron chi connectivity index (χ2n) is 16.8. The zero-order chi connectivity index (χ0) is 40.0. The predicted octanol–water partition coefficient (Wildman–Crippen LogP) is 12.7. The molecule has 1 unspecified atom stereocenters. The second-order valence-corrected chi connectivity index (χ2v) is 16.8. The van der Waals surface area contributed by atoms with Gasteiger partial charge in [0.15, 0.2) is 5.84 Å². The van der Waals surface area contributed by atoms with Crippen LogP contribution in [0.2, 0.25) is 0 Å². The molecule has 12 rings (SSSR count). The maximum atomic E-state index is 7.06. The molecule has 0 fully saturated rings. The fourth-order valence-electron chi connectivity index (χ4n) is 10.5. The molecule has 5 heteroatoms. The van der Waals surface area contributed by atoms with Crippen molar-refractivity contribution in [3.63, 3.8) is 0 Å². The van der Waals surface area contributed by atoms with Gasteiger partial charge in [0.05, 0.1) is 22.4 Å². The van der Waals surface area contributed by atoms with Gasteiger partial charge in [-0.25, -0.2) is 9.98 Å². The van der Waals surface area contributed by atoms with Crippen LogP contribution in [0.1, 0.15) is 71.2 Å². The molecule has 3 heterocycles.